The Morgan fingerprint density at radius 2 is 1.91 bits per heavy atom. The van der Waals surface area contributed by atoms with Gasteiger partial charge in [0.05, 0.1) is 19.1 Å². The molecule has 0 aliphatic heterocycles. The molecule has 6 nitrogen and oxygen atoms in total. The number of hydrogen-bond donors (Lipinski definition) is 1. The number of benzene rings is 1. The summed E-state index contributed by atoms with van der Waals surface area (Å²) in [6, 6.07) is 3.65. The average Bonchev–Trinajstić information content (AvgIpc) is 2.35. The average molecular weight is 363 g/mol. The zero-order valence-electron chi connectivity index (χ0n) is 14.2. The zero-order chi connectivity index (χ0) is 18.0. The first-order chi connectivity index (χ1) is 10.4. The van der Waals surface area contributed by atoms with E-state index >= 15 is 0 Å². The minimum atomic E-state index is -3.73. The molecule has 0 spiro atoms. The first-order valence-corrected chi connectivity index (χ1v) is 9.24. The number of hydrogen-bond acceptors (Lipinski definition) is 4. The van der Waals surface area contributed by atoms with E-state index in [1.807, 2.05) is 20.8 Å². The Labute approximate surface area is 142 Å². The second-order valence-electron chi connectivity index (χ2n) is 6.29. The smallest absolute Gasteiger partial charge is 0.244 e. The largest absolute Gasteiger partial charge is 0.495 e. The van der Waals surface area contributed by atoms with Gasteiger partial charge in [0.25, 0.3) is 0 Å². The van der Waals surface area contributed by atoms with Gasteiger partial charge in [-0.1, -0.05) is 11.6 Å². The van der Waals surface area contributed by atoms with Crippen LogP contribution in [0.3, 0.4) is 0 Å². The number of anilines is 1. The Morgan fingerprint density at radius 1 is 1.35 bits per heavy atom. The molecule has 0 fully saturated rings. The Balaban J connectivity index is 3.38. The maximum atomic E-state index is 12.4. The Hall–Kier alpha value is -1.47. The molecule has 1 atom stereocenters. The van der Waals surface area contributed by atoms with Crippen LogP contribution in [-0.2, 0) is 14.8 Å². The molecule has 0 heterocycles. The monoisotopic (exact) mass is 362 g/mol. The molecule has 1 aromatic rings. The molecule has 8 heteroatoms. The zero-order valence-corrected chi connectivity index (χ0v) is 15.7. The van der Waals surface area contributed by atoms with E-state index in [0.717, 1.165) is 10.6 Å². The van der Waals surface area contributed by atoms with Crippen molar-refractivity contribution in [2.45, 2.75) is 39.3 Å². The molecule has 0 aliphatic rings. The summed E-state index contributed by atoms with van der Waals surface area (Å²) >= 11 is 5.98. The summed E-state index contributed by atoms with van der Waals surface area (Å²) in [5.74, 6) is -0.0970. The number of nitrogens with zero attached hydrogens (tertiary/aromatic N) is 1. The highest BCUT2D eigenvalue weighted by atomic mass is 35.5. The third-order valence-electron chi connectivity index (χ3n) is 2.97. The van der Waals surface area contributed by atoms with Gasteiger partial charge < -0.3 is 10.1 Å². The van der Waals surface area contributed by atoms with Crippen LogP contribution in [0.15, 0.2) is 18.2 Å². The van der Waals surface area contributed by atoms with Gasteiger partial charge in [0.1, 0.15) is 11.8 Å². The van der Waals surface area contributed by atoms with Crippen LogP contribution in [0.1, 0.15) is 27.7 Å². The van der Waals surface area contributed by atoms with Crippen molar-refractivity contribution >= 4 is 33.2 Å². The summed E-state index contributed by atoms with van der Waals surface area (Å²) in [7, 11) is -2.31. The molecule has 0 saturated carbocycles. The fourth-order valence-electron chi connectivity index (χ4n) is 2.09. The van der Waals surface area contributed by atoms with E-state index < -0.39 is 27.5 Å². The number of nitrogens with one attached hydrogen (secondary N) is 1. The standard InChI is InChI=1S/C15H23ClN2O4S/c1-10(14(19)17-15(2,3)4)18(23(6,20)21)12-9-11(16)7-8-13(12)22-5/h7-10H,1-6H3,(H,17,19)/t10-/m0/s1. The van der Waals surface area contributed by atoms with Crippen LogP contribution in [0, 0.1) is 0 Å². The lowest BCUT2D eigenvalue weighted by Crippen LogP contribution is -2.52. The fraction of sp³-hybridized carbons (Fsp3) is 0.533. The van der Waals surface area contributed by atoms with Crippen molar-refractivity contribution in [2.24, 2.45) is 0 Å². The van der Waals surface area contributed by atoms with Gasteiger partial charge in [-0.3, -0.25) is 9.10 Å². The summed E-state index contributed by atoms with van der Waals surface area (Å²) in [5, 5.41) is 3.12. The molecule has 0 aliphatic carbocycles. The lowest BCUT2D eigenvalue weighted by Gasteiger charge is -2.31. The van der Waals surface area contributed by atoms with Crippen LogP contribution in [-0.4, -0.2) is 39.3 Å². The number of amides is 1. The van der Waals surface area contributed by atoms with Crippen molar-refractivity contribution in [3.05, 3.63) is 23.2 Å². The molecule has 1 rings (SSSR count). The summed E-state index contributed by atoms with van der Waals surface area (Å²) in [6.07, 6.45) is 1.04. The minimum Gasteiger partial charge on any atom is -0.495 e. The van der Waals surface area contributed by atoms with Crippen molar-refractivity contribution in [1.29, 1.82) is 0 Å². The SMILES string of the molecule is COc1ccc(Cl)cc1N([C@@H](C)C(=O)NC(C)(C)C)S(C)(=O)=O. The van der Waals surface area contributed by atoms with Gasteiger partial charge >= 0.3 is 0 Å². The molecule has 0 saturated heterocycles. The van der Waals surface area contributed by atoms with E-state index in [9.17, 15) is 13.2 Å². The van der Waals surface area contributed by atoms with E-state index in [4.69, 9.17) is 16.3 Å². The predicted octanol–water partition coefficient (Wildman–Crippen LogP) is 2.42. The Kier molecular flexibility index (Phi) is 5.93. The van der Waals surface area contributed by atoms with Gasteiger partial charge in [-0.2, -0.15) is 0 Å². The van der Waals surface area contributed by atoms with Crippen molar-refractivity contribution in [2.75, 3.05) is 17.7 Å². The van der Waals surface area contributed by atoms with Crippen molar-refractivity contribution in [1.82, 2.24) is 5.32 Å². The lowest BCUT2D eigenvalue weighted by molar-refractivity contribution is -0.123. The van der Waals surface area contributed by atoms with Gasteiger partial charge in [-0.05, 0) is 45.9 Å². The first kappa shape index (κ1) is 19.6. The summed E-state index contributed by atoms with van der Waals surface area (Å²) in [4.78, 5) is 12.4. The quantitative estimate of drug-likeness (QED) is 0.872. The van der Waals surface area contributed by atoms with Crippen molar-refractivity contribution in [3.63, 3.8) is 0 Å². The number of methoxy groups -OCH3 is 1. The molecule has 1 N–H and O–H groups in total. The predicted molar refractivity (Wildman–Crippen MR) is 92.7 cm³/mol. The number of carbonyl (C=O) groups excluding carboxylic acids is 1. The van der Waals surface area contributed by atoms with E-state index in [1.54, 1.807) is 12.1 Å². The van der Waals surface area contributed by atoms with Gasteiger partial charge in [-0.25, -0.2) is 8.42 Å². The molecular formula is C15H23ClN2O4S. The van der Waals surface area contributed by atoms with Crippen LogP contribution in [0.5, 0.6) is 5.75 Å². The van der Waals surface area contributed by atoms with Crippen LogP contribution >= 0.6 is 11.6 Å². The maximum absolute atomic E-state index is 12.4. The topological polar surface area (TPSA) is 75.7 Å². The summed E-state index contributed by atoms with van der Waals surface area (Å²) in [5.41, 5.74) is -0.258. The normalized spacial score (nSPS) is 13.3. The molecule has 0 radical (unpaired) electrons. The third kappa shape index (κ3) is 5.28. The highest BCUT2D eigenvalue weighted by molar-refractivity contribution is 7.92. The van der Waals surface area contributed by atoms with Crippen LogP contribution in [0.25, 0.3) is 0 Å². The van der Waals surface area contributed by atoms with Gasteiger partial charge in [0, 0.05) is 10.6 Å². The second-order valence-corrected chi connectivity index (χ2v) is 8.59. The molecular weight excluding hydrogens is 340 g/mol. The highest BCUT2D eigenvalue weighted by Gasteiger charge is 2.32. The van der Waals surface area contributed by atoms with E-state index in [1.165, 1.54) is 20.1 Å². The van der Waals surface area contributed by atoms with Crippen LogP contribution in [0.4, 0.5) is 5.69 Å². The van der Waals surface area contributed by atoms with Crippen molar-refractivity contribution < 1.29 is 17.9 Å². The number of halogens is 1. The molecule has 1 aromatic carbocycles. The molecule has 0 bridgehead atoms. The maximum Gasteiger partial charge on any atom is 0.244 e. The summed E-state index contributed by atoms with van der Waals surface area (Å²) in [6.45, 7) is 6.98. The van der Waals surface area contributed by atoms with E-state index in [0.29, 0.717) is 10.8 Å². The summed E-state index contributed by atoms with van der Waals surface area (Å²) < 4.78 is 30.8. The molecule has 23 heavy (non-hydrogen) atoms. The van der Waals surface area contributed by atoms with Gasteiger partial charge in [-0.15, -0.1) is 0 Å². The first-order valence-electron chi connectivity index (χ1n) is 7.02. The Bertz CT molecular complexity index is 683. The van der Waals surface area contributed by atoms with Gasteiger partial charge in [0.2, 0.25) is 15.9 Å². The fourth-order valence-corrected chi connectivity index (χ4v) is 3.43. The number of ether oxygens (including phenoxy) is 1. The number of carbonyl (C=O) groups is 1. The molecule has 0 unspecified atom stereocenters. The van der Waals surface area contributed by atoms with Crippen LogP contribution in [0.2, 0.25) is 5.02 Å². The van der Waals surface area contributed by atoms with Gasteiger partial charge in [0.15, 0.2) is 0 Å². The van der Waals surface area contributed by atoms with E-state index in [2.05, 4.69) is 5.32 Å². The number of sulfonamides is 1. The van der Waals surface area contributed by atoms with Crippen molar-refractivity contribution in [3.8, 4) is 5.75 Å². The number of rotatable bonds is 5. The second kappa shape index (κ2) is 6.97. The minimum absolute atomic E-state index is 0.221. The molecule has 130 valence electrons. The lowest BCUT2D eigenvalue weighted by atomic mass is 10.1. The highest BCUT2D eigenvalue weighted by Crippen LogP contribution is 2.34. The van der Waals surface area contributed by atoms with E-state index in [-0.39, 0.29) is 5.69 Å². The Morgan fingerprint density at radius 3 is 2.35 bits per heavy atom. The third-order valence-corrected chi connectivity index (χ3v) is 4.43. The molecule has 1 amide bonds. The van der Waals surface area contributed by atoms with Crippen LogP contribution < -0.4 is 14.4 Å². The molecule has 0 aromatic heterocycles.